The molecule has 0 saturated heterocycles. The van der Waals surface area contributed by atoms with Crippen molar-refractivity contribution in [2.24, 2.45) is 0 Å². The van der Waals surface area contributed by atoms with E-state index < -0.39 is 15.9 Å². The third-order valence-corrected chi connectivity index (χ3v) is 5.16. The molecule has 0 unspecified atom stereocenters. The van der Waals surface area contributed by atoms with Crippen LogP contribution in [0.3, 0.4) is 0 Å². The van der Waals surface area contributed by atoms with Crippen LogP contribution in [0.2, 0.25) is 0 Å². The Morgan fingerprint density at radius 2 is 1.80 bits per heavy atom. The Morgan fingerprint density at radius 1 is 1.10 bits per heavy atom. The summed E-state index contributed by atoms with van der Waals surface area (Å²) in [6, 6.07) is 16.7. The summed E-state index contributed by atoms with van der Waals surface area (Å²) in [7, 11) is -4.27. The van der Waals surface area contributed by atoms with Crippen molar-refractivity contribution in [3.8, 4) is 0 Å². The van der Waals surface area contributed by atoms with Gasteiger partial charge in [-0.15, -0.1) is 0 Å². The van der Waals surface area contributed by atoms with Gasteiger partial charge in [-0.3, -0.25) is 9.69 Å². The molecule has 7 nitrogen and oxygen atoms in total. The number of aryl methyl sites for hydroxylation is 1. The van der Waals surface area contributed by atoms with E-state index in [1.807, 2.05) is 59.2 Å². The molecule has 1 heterocycles. The smallest absolute Gasteiger partial charge is 0.374 e. The summed E-state index contributed by atoms with van der Waals surface area (Å²) in [5.41, 5.74) is 2.21. The van der Waals surface area contributed by atoms with Gasteiger partial charge in [0, 0.05) is 37.1 Å². The fourth-order valence-corrected chi connectivity index (χ4v) is 3.52. The first-order chi connectivity index (χ1) is 14.3. The van der Waals surface area contributed by atoms with E-state index in [2.05, 4.69) is 0 Å². The number of carbonyl (C=O) groups excluding carboxylic acids is 1. The van der Waals surface area contributed by atoms with Gasteiger partial charge in [-0.05, 0) is 24.3 Å². The van der Waals surface area contributed by atoms with Gasteiger partial charge in [0.15, 0.2) is 6.54 Å². The molecule has 0 aliphatic rings. The maximum absolute atomic E-state index is 11.9. The van der Waals surface area contributed by atoms with Crippen molar-refractivity contribution in [2.75, 3.05) is 10.7 Å². The highest BCUT2D eigenvalue weighted by atomic mass is 32.2. The lowest BCUT2D eigenvalue weighted by Crippen LogP contribution is -2.36. The Balaban J connectivity index is 1.82. The zero-order valence-electron chi connectivity index (χ0n) is 16.5. The summed E-state index contributed by atoms with van der Waals surface area (Å²) in [6.07, 6.45) is 7.02. The second kappa shape index (κ2) is 9.51. The average Bonchev–Trinajstić information content (AvgIpc) is 3.05. The molecule has 0 saturated carbocycles. The number of amides is 1. The lowest BCUT2D eigenvalue weighted by Gasteiger charge is -2.15. The van der Waals surface area contributed by atoms with Gasteiger partial charge < -0.3 is 8.97 Å². The van der Waals surface area contributed by atoms with Crippen LogP contribution in [0.15, 0.2) is 77.4 Å². The topological polar surface area (TPSA) is 94.5 Å². The van der Waals surface area contributed by atoms with Crippen molar-refractivity contribution in [2.45, 2.75) is 19.9 Å². The summed E-state index contributed by atoms with van der Waals surface area (Å²) in [5, 5.41) is 0. The van der Waals surface area contributed by atoms with Crippen LogP contribution in [0, 0.1) is 0 Å². The number of rotatable bonds is 8. The molecule has 0 aliphatic heterocycles. The largest absolute Gasteiger partial charge is 0.748 e. The van der Waals surface area contributed by atoms with E-state index in [4.69, 9.17) is 4.42 Å². The van der Waals surface area contributed by atoms with Gasteiger partial charge in [0.25, 0.3) is 5.52 Å². The van der Waals surface area contributed by atoms with Crippen molar-refractivity contribution in [1.82, 2.24) is 0 Å². The molecular formula is C22H22N2O5S. The number of hydrogen-bond acceptors (Lipinski definition) is 5. The molecule has 2 aromatic carbocycles. The molecule has 156 valence electrons. The van der Waals surface area contributed by atoms with Crippen molar-refractivity contribution in [3.63, 3.8) is 0 Å². The van der Waals surface area contributed by atoms with E-state index in [1.54, 1.807) is 24.4 Å². The summed E-state index contributed by atoms with van der Waals surface area (Å²) >= 11 is 0. The van der Waals surface area contributed by atoms with Crippen LogP contribution in [-0.2, 0) is 21.5 Å². The monoisotopic (exact) mass is 426 g/mol. The van der Waals surface area contributed by atoms with Crippen LogP contribution in [0.4, 0.5) is 5.69 Å². The highest BCUT2D eigenvalue weighted by Crippen LogP contribution is 2.16. The second-order valence-corrected chi connectivity index (χ2v) is 8.12. The Hall–Kier alpha value is -3.23. The molecule has 0 spiro atoms. The zero-order valence-corrected chi connectivity index (χ0v) is 17.3. The molecule has 0 fully saturated rings. The van der Waals surface area contributed by atoms with E-state index in [0.717, 1.165) is 11.2 Å². The summed E-state index contributed by atoms with van der Waals surface area (Å²) in [5.74, 6) is -0.0468. The fourth-order valence-electron chi connectivity index (χ4n) is 3.04. The van der Waals surface area contributed by atoms with Gasteiger partial charge >= 0.3 is 5.89 Å². The molecule has 3 aromatic rings. The number of benzene rings is 2. The Bertz CT molecular complexity index is 1180. The molecule has 1 amide bonds. The minimum absolute atomic E-state index is 0.122. The lowest BCUT2D eigenvalue weighted by molar-refractivity contribution is -0.677. The Labute approximate surface area is 175 Å². The van der Waals surface area contributed by atoms with Gasteiger partial charge in [0.05, 0.1) is 16.2 Å². The van der Waals surface area contributed by atoms with Crippen LogP contribution in [-0.4, -0.2) is 24.6 Å². The number of allylic oxidation sites excluding steroid dienone is 2. The lowest BCUT2D eigenvalue weighted by atomic mass is 10.3. The number of anilines is 1. The molecular weight excluding hydrogens is 404 g/mol. The number of hydrogen-bond donors (Lipinski definition) is 0. The molecule has 0 radical (unpaired) electrons. The predicted molar refractivity (Wildman–Crippen MR) is 113 cm³/mol. The minimum atomic E-state index is -4.27. The maximum atomic E-state index is 11.9. The standard InChI is InChI=1S/C22H22N2O5S/c1-18(25)23(19-10-3-2-4-11-19)15-8-7-14-22-24(16-9-17-30(26,27)28)20-12-5-6-13-21(20)29-22/h2-8,10-15H,9,16-17H2,1H3. The zero-order chi connectivity index (χ0) is 21.6. The summed E-state index contributed by atoms with van der Waals surface area (Å²) in [6.45, 7) is 1.81. The van der Waals surface area contributed by atoms with Crippen molar-refractivity contribution in [1.29, 1.82) is 0 Å². The molecule has 8 heteroatoms. The summed E-state index contributed by atoms with van der Waals surface area (Å²) < 4.78 is 40.4. The first-order valence-electron chi connectivity index (χ1n) is 9.40. The van der Waals surface area contributed by atoms with Gasteiger partial charge in [0.2, 0.25) is 11.5 Å². The Morgan fingerprint density at radius 3 is 2.50 bits per heavy atom. The Kier molecular flexibility index (Phi) is 6.81. The number of para-hydroxylation sites is 3. The number of oxazole rings is 1. The molecule has 30 heavy (non-hydrogen) atoms. The quantitative estimate of drug-likeness (QED) is 0.313. The highest BCUT2D eigenvalue weighted by molar-refractivity contribution is 7.85. The van der Waals surface area contributed by atoms with Crippen LogP contribution >= 0.6 is 0 Å². The van der Waals surface area contributed by atoms with Crippen molar-refractivity contribution in [3.05, 3.63) is 78.8 Å². The normalized spacial score (nSPS) is 12.2. The minimum Gasteiger partial charge on any atom is -0.748 e. The maximum Gasteiger partial charge on any atom is 0.374 e. The van der Waals surface area contributed by atoms with E-state index >= 15 is 0 Å². The van der Waals surface area contributed by atoms with E-state index in [-0.39, 0.29) is 12.3 Å². The van der Waals surface area contributed by atoms with Gasteiger partial charge in [-0.25, -0.2) is 8.42 Å². The van der Waals surface area contributed by atoms with Crippen molar-refractivity contribution < 1.29 is 26.7 Å². The molecule has 0 aliphatic carbocycles. The highest BCUT2D eigenvalue weighted by Gasteiger charge is 2.19. The van der Waals surface area contributed by atoms with Gasteiger partial charge in [-0.1, -0.05) is 36.4 Å². The fraction of sp³-hybridized carbons (Fsp3) is 0.182. The van der Waals surface area contributed by atoms with Gasteiger partial charge in [0.1, 0.15) is 0 Å². The molecule has 0 N–H and O–H groups in total. The third kappa shape index (κ3) is 5.65. The molecule has 0 bridgehead atoms. The third-order valence-electron chi connectivity index (χ3n) is 4.37. The van der Waals surface area contributed by atoms with E-state index in [1.165, 1.54) is 11.8 Å². The average molecular weight is 426 g/mol. The second-order valence-electron chi connectivity index (χ2n) is 6.60. The van der Waals surface area contributed by atoms with E-state index in [0.29, 0.717) is 18.0 Å². The number of fused-ring (bicyclic) bond motifs is 1. The molecule has 1 aromatic heterocycles. The van der Waals surface area contributed by atoms with Gasteiger partial charge in [-0.2, -0.15) is 4.57 Å². The van der Waals surface area contributed by atoms with Crippen LogP contribution in [0.25, 0.3) is 17.2 Å². The van der Waals surface area contributed by atoms with Crippen molar-refractivity contribution >= 4 is 38.9 Å². The first kappa shape index (κ1) is 21.5. The molecule has 0 atom stereocenters. The first-order valence-corrected chi connectivity index (χ1v) is 11.0. The van der Waals surface area contributed by atoms with Crippen LogP contribution in [0.5, 0.6) is 0 Å². The molecule has 3 rings (SSSR count). The predicted octanol–water partition coefficient (Wildman–Crippen LogP) is 3.24. The van der Waals surface area contributed by atoms with Crippen LogP contribution in [0.1, 0.15) is 19.2 Å². The number of carbonyl (C=O) groups is 1. The SMILES string of the molecule is CC(=O)N(C=CC=Cc1oc2ccccc2[n+]1CCCS(=O)(=O)[O-])c1ccccc1. The summed E-state index contributed by atoms with van der Waals surface area (Å²) in [4.78, 5) is 13.5. The van der Waals surface area contributed by atoms with Crippen LogP contribution < -0.4 is 9.47 Å². The number of aromatic nitrogens is 1. The number of nitrogens with zero attached hydrogens (tertiary/aromatic N) is 2. The van der Waals surface area contributed by atoms with E-state index in [9.17, 15) is 17.8 Å².